The molecule has 2 rings (SSSR count). The summed E-state index contributed by atoms with van der Waals surface area (Å²) in [5, 5.41) is 0. The van der Waals surface area contributed by atoms with Crippen molar-refractivity contribution in [3.8, 4) is 0 Å². The van der Waals surface area contributed by atoms with Crippen LogP contribution < -0.4 is 0 Å². The maximum atomic E-state index is 11.7. The van der Waals surface area contributed by atoms with E-state index in [1.807, 2.05) is 11.9 Å². The van der Waals surface area contributed by atoms with Crippen LogP contribution in [0.15, 0.2) is 0 Å². The number of hydrogen-bond donors (Lipinski definition) is 0. The smallest absolute Gasteiger partial charge is 0.236 e. The number of nitrogens with zero attached hydrogens (tertiary/aromatic N) is 3. The minimum atomic E-state index is 0.262. The van der Waals surface area contributed by atoms with Gasteiger partial charge in [0.05, 0.1) is 6.54 Å². The molecule has 0 atom stereocenters. The number of piperazine rings is 1. The van der Waals surface area contributed by atoms with Gasteiger partial charge in [-0.15, -0.1) is 0 Å². The Morgan fingerprint density at radius 2 is 1.61 bits per heavy atom. The predicted molar refractivity (Wildman–Crippen MR) is 73.5 cm³/mol. The van der Waals surface area contributed by atoms with Crippen LogP contribution in [0.2, 0.25) is 0 Å². The number of hydrogen-bond acceptors (Lipinski definition) is 3. The van der Waals surface area contributed by atoms with Gasteiger partial charge in [-0.2, -0.15) is 0 Å². The number of likely N-dealkylation sites (N-methyl/N-ethyl adjacent to an activating group) is 1. The topological polar surface area (TPSA) is 26.8 Å². The Labute approximate surface area is 111 Å². The molecule has 0 aromatic carbocycles. The molecule has 0 saturated carbocycles. The Bertz CT molecular complexity index is 297. The summed E-state index contributed by atoms with van der Waals surface area (Å²) in [6, 6.07) is 0. The molecule has 2 aliphatic rings. The second kappa shape index (κ2) is 5.57. The summed E-state index contributed by atoms with van der Waals surface area (Å²) in [5.74, 6) is 0.262. The van der Waals surface area contributed by atoms with E-state index in [9.17, 15) is 4.79 Å². The minimum absolute atomic E-state index is 0.262. The summed E-state index contributed by atoms with van der Waals surface area (Å²) in [5.41, 5.74) is 0.278. The summed E-state index contributed by atoms with van der Waals surface area (Å²) in [7, 11) is 1.90. The van der Waals surface area contributed by atoms with Crippen molar-refractivity contribution in [1.29, 1.82) is 0 Å². The van der Waals surface area contributed by atoms with Crippen LogP contribution in [-0.4, -0.2) is 73.5 Å². The fourth-order valence-corrected chi connectivity index (χ4v) is 3.14. The largest absolute Gasteiger partial charge is 0.343 e. The molecule has 1 amide bonds. The Morgan fingerprint density at radius 1 is 1.00 bits per heavy atom. The van der Waals surface area contributed by atoms with Crippen LogP contribution in [0.25, 0.3) is 0 Å². The van der Waals surface area contributed by atoms with Crippen molar-refractivity contribution in [1.82, 2.24) is 14.7 Å². The summed E-state index contributed by atoms with van der Waals surface area (Å²) in [4.78, 5) is 18.4. The first-order chi connectivity index (χ1) is 8.46. The molecule has 0 aliphatic carbocycles. The van der Waals surface area contributed by atoms with Gasteiger partial charge < -0.3 is 9.80 Å². The third-order valence-corrected chi connectivity index (χ3v) is 4.04. The quantitative estimate of drug-likeness (QED) is 0.744. The maximum Gasteiger partial charge on any atom is 0.236 e. The zero-order valence-corrected chi connectivity index (χ0v) is 12.1. The lowest BCUT2D eigenvalue weighted by Crippen LogP contribution is -2.52. The third kappa shape index (κ3) is 3.69. The molecule has 2 aliphatic heterocycles. The molecule has 0 bridgehead atoms. The van der Waals surface area contributed by atoms with Crippen molar-refractivity contribution in [3.63, 3.8) is 0 Å². The van der Waals surface area contributed by atoms with Crippen molar-refractivity contribution in [2.75, 3.05) is 52.9 Å². The van der Waals surface area contributed by atoms with Crippen molar-refractivity contribution in [2.45, 2.75) is 26.7 Å². The SMILES string of the molecule is CN1CCN(CC(C)(C)CN2CCCC2)CC1=O. The Morgan fingerprint density at radius 3 is 2.22 bits per heavy atom. The molecule has 2 fully saturated rings. The summed E-state index contributed by atoms with van der Waals surface area (Å²) >= 11 is 0. The minimum Gasteiger partial charge on any atom is -0.343 e. The number of carbonyl (C=O) groups excluding carboxylic acids is 1. The van der Waals surface area contributed by atoms with Crippen LogP contribution in [-0.2, 0) is 4.79 Å². The van der Waals surface area contributed by atoms with E-state index in [0.29, 0.717) is 6.54 Å². The van der Waals surface area contributed by atoms with Crippen molar-refractivity contribution < 1.29 is 4.79 Å². The Balaban J connectivity index is 1.81. The molecular formula is C14H27N3O. The van der Waals surface area contributed by atoms with Gasteiger partial charge in [0.2, 0.25) is 5.91 Å². The average Bonchev–Trinajstić information content (AvgIpc) is 2.75. The lowest BCUT2D eigenvalue weighted by Gasteiger charge is -2.38. The van der Waals surface area contributed by atoms with Crippen LogP contribution >= 0.6 is 0 Å². The highest BCUT2D eigenvalue weighted by Gasteiger charge is 2.29. The molecule has 18 heavy (non-hydrogen) atoms. The molecule has 0 aromatic rings. The number of carbonyl (C=O) groups is 1. The van der Waals surface area contributed by atoms with E-state index in [1.165, 1.54) is 25.9 Å². The fraction of sp³-hybridized carbons (Fsp3) is 0.929. The average molecular weight is 253 g/mol. The highest BCUT2D eigenvalue weighted by atomic mass is 16.2. The standard InChI is InChI=1S/C14H27N3O/c1-14(2,11-16-6-4-5-7-16)12-17-9-8-15(3)13(18)10-17/h4-12H2,1-3H3. The van der Waals surface area contributed by atoms with Crippen LogP contribution in [0, 0.1) is 5.41 Å². The van der Waals surface area contributed by atoms with Crippen LogP contribution in [0.5, 0.6) is 0 Å². The molecule has 104 valence electrons. The molecule has 0 N–H and O–H groups in total. The highest BCUT2D eigenvalue weighted by Crippen LogP contribution is 2.22. The van der Waals surface area contributed by atoms with Gasteiger partial charge in [-0.25, -0.2) is 0 Å². The molecule has 0 aromatic heterocycles. The summed E-state index contributed by atoms with van der Waals surface area (Å²) < 4.78 is 0. The normalized spacial score (nSPS) is 23.9. The number of amides is 1. The zero-order valence-electron chi connectivity index (χ0n) is 12.1. The molecule has 0 unspecified atom stereocenters. The first-order valence-corrected chi connectivity index (χ1v) is 7.15. The van der Waals surface area contributed by atoms with Gasteiger partial charge in [0, 0.05) is 33.2 Å². The first kappa shape index (κ1) is 13.8. The van der Waals surface area contributed by atoms with Gasteiger partial charge in [0.1, 0.15) is 0 Å². The van der Waals surface area contributed by atoms with E-state index in [-0.39, 0.29) is 11.3 Å². The van der Waals surface area contributed by atoms with Gasteiger partial charge in [0.25, 0.3) is 0 Å². The van der Waals surface area contributed by atoms with Gasteiger partial charge in [-0.3, -0.25) is 9.69 Å². The molecule has 4 heteroatoms. The van der Waals surface area contributed by atoms with E-state index in [0.717, 1.165) is 26.2 Å². The van der Waals surface area contributed by atoms with Crippen LogP contribution in [0.4, 0.5) is 0 Å². The van der Waals surface area contributed by atoms with Crippen molar-refractivity contribution in [2.24, 2.45) is 5.41 Å². The van der Waals surface area contributed by atoms with Gasteiger partial charge >= 0.3 is 0 Å². The van der Waals surface area contributed by atoms with E-state index in [4.69, 9.17) is 0 Å². The molecule has 0 radical (unpaired) electrons. The monoisotopic (exact) mass is 253 g/mol. The predicted octanol–water partition coefficient (Wildman–Crippen LogP) is 0.882. The fourth-order valence-electron chi connectivity index (χ4n) is 3.14. The van der Waals surface area contributed by atoms with Crippen molar-refractivity contribution in [3.05, 3.63) is 0 Å². The Kier molecular flexibility index (Phi) is 4.28. The highest BCUT2D eigenvalue weighted by molar-refractivity contribution is 5.78. The van der Waals surface area contributed by atoms with Gasteiger partial charge in [-0.1, -0.05) is 13.8 Å². The lowest BCUT2D eigenvalue weighted by atomic mass is 9.91. The second-order valence-electron chi connectivity index (χ2n) is 6.67. The van der Waals surface area contributed by atoms with E-state index in [2.05, 4.69) is 23.6 Å². The van der Waals surface area contributed by atoms with Gasteiger partial charge in [0.15, 0.2) is 0 Å². The molecular weight excluding hydrogens is 226 g/mol. The molecule has 4 nitrogen and oxygen atoms in total. The van der Waals surface area contributed by atoms with Gasteiger partial charge in [-0.05, 0) is 31.3 Å². The van der Waals surface area contributed by atoms with Crippen LogP contribution in [0.3, 0.4) is 0 Å². The van der Waals surface area contributed by atoms with Crippen molar-refractivity contribution >= 4 is 5.91 Å². The molecule has 0 spiro atoms. The Hall–Kier alpha value is -0.610. The van der Waals surface area contributed by atoms with E-state index < -0.39 is 0 Å². The molecule has 2 saturated heterocycles. The van der Waals surface area contributed by atoms with E-state index in [1.54, 1.807) is 0 Å². The maximum absolute atomic E-state index is 11.7. The summed E-state index contributed by atoms with van der Waals surface area (Å²) in [6.07, 6.45) is 2.70. The zero-order chi connectivity index (χ0) is 13.2. The summed E-state index contributed by atoms with van der Waals surface area (Å²) in [6.45, 7) is 11.8. The van der Waals surface area contributed by atoms with E-state index >= 15 is 0 Å². The first-order valence-electron chi connectivity index (χ1n) is 7.15. The lowest BCUT2D eigenvalue weighted by molar-refractivity contribution is -0.135. The number of rotatable bonds is 4. The number of likely N-dealkylation sites (tertiary alicyclic amines) is 1. The molecule has 2 heterocycles. The third-order valence-electron chi connectivity index (χ3n) is 4.04. The second-order valence-corrected chi connectivity index (χ2v) is 6.67. The van der Waals surface area contributed by atoms with Crippen LogP contribution in [0.1, 0.15) is 26.7 Å².